The molecule has 34 valence electrons. The van der Waals surface area contributed by atoms with Gasteiger partial charge in [0, 0.05) is 0 Å². The van der Waals surface area contributed by atoms with E-state index < -0.39 is 0 Å². The predicted molar refractivity (Wildman–Crippen MR) is 25.3 cm³/mol. The third-order valence-electron chi connectivity index (χ3n) is 0.500. The molecule has 0 radical (unpaired) electrons. The number of rotatable bonds is 2. The van der Waals surface area contributed by atoms with Gasteiger partial charge < -0.3 is 6.74 Å². The van der Waals surface area contributed by atoms with Crippen molar-refractivity contribution in [3.05, 3.63) is 0 Å². The molecule has 0 aliphatic rings. The molecule has 2 heteroatoms. The maximum atomic E-state index is 3.02. The van der Waals surface area contributed by atoms with Gasteiger partial charge in [0.2, 0.25) is 0 Å². The Bertz CT molecular complexity index is 19.2. The molecule has 0 fully saturated rings. The van der Waals surface area contributed by atoms with E-state index in [9.17, 15) is 0 Å². The molecular formula is C4H12LiN. The van der Waals surface area contributed by atoms with Gasteiger partial charge in [-0.05, 0) is 20.0 Å². The van der Waals surface area contributed by atoms with Crippen LogP contribution in [-0.2, 0) is 0 Å². The minimum Gasteiger partial charge on any atom is -1.00 e. The van der Waals surface area contributed by atoms with Crippen molar-refractivity contribution < 1.29 is 20.3 Å². The van der Waals surface area contributed by atoms with E-state index in [0.717, 1.165) is 6.54 Å². The van der Waals surface area contributed by atoms with Gasteiger partial charge in [-0.3, -0.25) is 0 Å². The van der Waals surface area contributed by atoms with Crippen molar-refractivity contribution >= 4 is 0 Å². The van der Waals surface area contributed by atoms with Crippen LogP contribution in [0.25, 0.3) is 0 Å². The van der Waals surface area contributed by atoms with Gasteiger partial charge >= 0.3 is 18.9 Å². The summed E-state index contributed by atoms with van der Waals surface area (Å²) in [6, 6.07) is 0. The van der Waals surface area contributed by atoms with Crippen molar-refractivity contribution in [2.24, 2.45) is 0 Å². The Morgan fingerprint density at radius 3 is 2.17 bits per heavy atom. The summed E-state index contributed by atoms with van der Waals surface area (Å²) in [5.74, 6) is 0. The van der Waals surface area contributed by atoms with Crippen LogP contribution in [-0.4, -0.2) is 13.6 Å². The number of hydrogen-bond donors (Lipinski definition) is 1. The van der Waals surface area contributed by atoms with E-state index in [1.807, 2.05) is 7.05 Å². The Hall–Kier alpha value is 0.557. The molecule has 0 aromatic heterocycles. The normalized spacial score (nSPS) is 7.00. The van der Waals surface area contributed by atoms with E-state index in [-0.39, 0.29) is 20.3 Å². The second-order valence-corrected chi connectivity index (χ2v) is 1.10. The van der Waals surface area contributed by atoms with Crippen LogP contribution in [0, 0.1) is 0 Å². The first-order valence-corrected chi connectivity index (χ1v) is 2.06. The minimum atomic E-state index is 0. The minimum absolute atomic E-state index is 0. The molecule has 1 N–H and O–H groups in total. The average molecular weight is 81.1 g/mol. The molecule has 0 saturated heterocycles. The predicted octanol–water partition coefficient (Wildman–Crippen LogP) is -2.27. The van der Waals surface area contributed by atoms with Crippen LogP contribution in [0.1, 0.15) is 14.8 Å². The first-order chi connectivity index (χ1) is 2.41. The van der Waals surface area contributed by atoms with Crippen LogP contribution in [0.15, 0.2) is 0 Å². The van der Waals surface area contributed by atoms with Crippen LogP contribution in [0.5, 0.6) is 0 Å². The van der Waals surface area contributed by atoms with Crippen LogP contribution < -0.4 is 24.2 Å². The van der Waals surface area contributed by atoms with Crippen molar-refractivity contribution in [1.29, 1.82) is 0 Å². The van der Waals surface area contributed by atoms with Gasteiger partial charge in [0.05, 0.1) is 0 Å². The summed E-state index contributed by atoms with van der Waals surface area (Å²) in [5, 5.41) is 3.02. The average Bonchev–Trinajstić information content (AvgIpc) is 1.41. The fourth-order valence-corrected chi connectivity index (χ4v) is 0.250. The van der Waals surface area contributed by atoms with E-state index >= 15 is 0 Å². The molecule has 0 aliphatic carbocycles. The molecule has 0 aromatic carbocycles. The van der Waals surface area contributed by atoms with Gasteiger partial charge in [-0.1, -0.05) is 6.92 Å². The van der Waals surface area contributed by atoms with Gasteiger partial charge in [-0.2, -0.15) is 0 Å². The summed E-state index contributed by atoms with van der Waals surface area (Å²) in [6.07, 6.45) is 1.23. The molecule has 0 saturated carbocycles. The van der Waals surface area contributed by atoms with Gasteiger partial charge in [0.15, 0.2) is 0 Å². The zero-order chi connectivity index (χ0) is 4.12. The molecule has 0 spiro atoms. The van der Waals surface area contributed by atoms with Crippen LogP contribution in [0.2, 0.25) is 0 Å². The second-order valence-electron chi connectivity index (χ2n) is 1.10. The van der Waals surface area contributed by atoms with E-state index in [1.54, 1.807) is 0 Å². The van der Waals surface area contributed by atoms with Crippen molar-refractivity contribution in [3.63, 3.8) is 0 Å². The summed E-state index contributed by atoms with van der Waals surface area (Å²) in [6.45, 7) is 3.29. The molecule has 1 nitrogen and oxygen atoms in total. The Labute approximate surface area is 53.2 Å². The molecule has 6 heavy (non-hydrogen) atoms. The molecule has 0 amide bonds. The Balaban J connectivity index is -0.0000000800. The first kappa shape index (κ1) is 9.75. The van der Waals surface area contributed by atoms with Crippen molar-refractivity contribution in [3.8, 4) is 0 Å². The third-order valence-corrected chi connectivity index (χ3v) is 0.500. The standard InChI is InChI=1S/C4H11N.Li.H/c1-3-4-5-2;;/h5H,3-4H2,1-2H3;;/q;+1;-1. The van der Waals surface area contributed by atoms with E-state index in [1.165, 1.54) is 6.42 Å². The zero-order valence-electron chi connectivity index (χ0n) is 5.91. The molecule has 0 rings (SSSR count). The van der Waals surface area contributed by atoms with Crippen LogP contribution in [0.3, 0.4) is 0 Å². The van der Waals surface area contributed by atoms with Crippen molar-refractivity contribution in [1.82, 2.24) is 5.32 Å². The molecule has 0 unspecified atom stereocenters. The fourth-order valence-electron chi connectivity index (χ4n) is 0.250. The molecule has 0 heterocycles. The molecule has 0 aliphatic heterocycles. The Kier molecular flexibility index (Phi) is 14.8. The number of nitrogens with one attached hydrogen (secondary N) is 1. The molecular weight excluding hydrogens is 69.0 g/mol. The van der Waals surface area contributed by atoms with Crippen molar-refractivity contribution in [2.75, 3.05) is 13.6 Å². The maximum absolute atomic E-state index is 3.02. The van der Waals surface area contributed by atoms with Gasteiger partial charge in [-0.15, -0.1) is 0 Å². The smallest absolute Gasteiger partial charge is 1.00 e. The second kappa shape index (κ2) is 9.12. The summed E-state index contributed by atoms with van der Waals surface area (Å²) < 4.78 is 0. The van der Waals surface area contributed by atoms with Crippen LogP contribution >= 0.6 is 0 Å². The van der Waals surface area contributed by atoms with Gasteiger partial charge in [0.25, 0.3) is 0 Å². The molecule has 0 aromatic rings. The van der Waals surface area contributed by atoms with E-state index in [2.05, 4.69) is 12.2 Å². The maximum Gasteiger partial charge on any atom is 1.00 e. The SMILES string of the molecule is CCCNC.[H-].[Li+]. The fraction of sp³-hybridized carbons (Fsp3) is 1.00. The summed E-state index contributed by atoms with van der Waals surface area (Å²) >= 11 is 0. The van der Waals surface area contributed by atoms with Crippen LogP contribution in [0.4, 0.5) is 0 Å². The Morgan fingerprint density at radius 1 is 1.67 bits per heavy atom. The third kappa shape index (κ3) is 8.82. The topological polar surface area (TPSA) is 12.0 Å². The number of hydrogen-bond acceptors (Lipinski definition) is 1. The van der Waals surface area contributed by atoms with E-state index in [0.29, 0.717) is 0 Å². The van der Waals surface area contributed by atoms with Gasteiger partial charge in [-0.25, -0.2) is 0 Å². The van der Waals surface area contributed by atoms with Gasteiger partial charge in [0.1, 0.15) is 0 Å². The Morgan fingerprint density at radius 2 is 2.17 bits per heavy atom. The summed E-state index contributed by atoms with van der Waals surface area (Å²) in [4.78, 5) is 0. The monoisotopic (exact) mass is 81.1 g/mol. The quantitative estimate of drug-likeness (QED) is 0.370. The zero-order valence-corrected chi connectivity index (χ0v) is 4.91. The summed E-state index contributed by atoms with van der Waals surface area (Å²) in [7, 11) is 1.96. The molecule has 0 bridgehead atoms. The molecule has 0 atom stereocenters. The summed E-state index contributed by atoms with van der Waals surface area (Å²) in [5.41, 5.74) is 0. The largest absolute Gasteiger partial charge is 1.00 e. The van der Waals surface area contributed by atoms with E-state index in [4.69, 9.17) is 0 Å². The first-order valence-electron chi connectivity index (χ1n) is 2.06. The van der Waals surface area contributed by atoms with Crippen molar-refractivity contribution in [2.45, 2.75) is 13.3 Å².